The summed E-state index contributed by atoms with van der Waals surface area (Å²) in [5.74, 6) is 1.08. The zero-order chi connectivity index (χ0) is 13.4. The average molecular weight is 272 g/mol. The summed E-state index contributed by atoms with van der Waals surface area (Å²) in [5.41, 5.74) is 9.74. The van der Waals surface area contributed by atoms with Crippen LogP contribution in [-0.4, -0.2) is 14.5 Å². The number of anilines is 1. The van der Waals surface area contributed by atoms with E-state index in [1.165, 1.54) is 0 Å². The van der Waals surface area contributed by atoms with Crippen molar-refractivity contribution in [2.45, 2.75) is 26.8 Å². The van der Waals surface area contributed by atoms with Gasteiger partial charge in [-0.3, -0.25) is 0 Å². The summed E-state index contributed by atoms with van der Waals surface area (Å²) in [5, 5.41) is 3.20. The van der Waals surface area contributed by atoms with Gasteiger partial charge in [-0.2, -0.15) is 0 Å². The van der Waals surface area contributed by atoms with Crippen LogP contribution < -0.4 is 5.73 Å². The van der Waals surface area contributed by atoms with Crippen LogP contribution in [0.1, 0.15) is 23.4 Å². The third-order valence-electron chi connectivity index (χ3n) is 3.13. The van der Waals surface area contributed by atoms with Crippen molar-refractivity contribution in [3.8, 4) is 0 Å². The fraction of sp³-hybridized carbons (Fsp3) is 0.286. The number of hydrogen-bond acceptors (Lipinski definition) is 4. The van der Waals surface area contributed by atoms with Gasteiger partial charge in [0.15, 0.2) is 0 Å². The van der Waals surface area contributed by atoms with Gasteiger partial charge in [0.05, 0.1) is 17.6 Å². The smallest absolute Gasteiger partial charge is 0.113 e. The zero-order valence-corrected chi connectivity index (χ0v) is 11.9. The van der Waals surface area contributed by atoms with Crippen molar-refractivity contribution in [2.75, 3.05) is 5.73 Å². The van der Waals surface area contributed by atoms with Crippen LogP contribution >= 0.6 is 11.3 Å². The van der Waals surface area contributed by atoms with Gasteiger partial charge in [0.2, 0.25) is 0 Å². The molecule has 3 aromatic rings. The van der Waals surface area contributed by atoms with Crippen LogP contribution in [0.25, 0.3) is 11.0 Å². The molecule has 98 valence electrons. The molecule has 1 aromatic carbocycles. The molecule has 4 nitrogen and oxygen atoms in total. The number of aryl methyl sites for hydroxylation is 2. The van der Waals surface area contributed by atoms with Crippen molar-refractivity contribution < 1.29 is 0 Å². The van der Waals surface area contributed by atoms with Crippen molar-refractivity contribution in [1.29, 1.82) is 0 Å². The third-order valence-corrected chi connectivity index (χ3v) is 4.08. The molecule has 2 aromatic heterocycles. The van der Waals surface area contributed by atoms with Crippen LogP contribution in [0.5, 0.6) is 0 Å². The Bertz CT molecular complexity index is 726. The quantitative estimate of drug-likeness (QED) is 0.746. The van der Waals surface area contributed by atoms with Crippen LogP contribution in [0, 0.1) is 6.92 Å². The molecule has 3 rings (SSSR count). The number of nitrogen functional groups attached to an aromatic ring is 1. The molecule has 2 heterocycles. The summed E-state index contributed by atoms with van der Waals surface area (Å²) in [6.45, 7) is 4.92. The van der Waals surface area contributed by atoms with E-state index in [4.69, 9.17) is 5.73 Å². The molecule has 0 bridgehead atoms. The molecule has 0 saturated carbocycles. The van der Waals surface area contributed by atoms with Crippen molar-refractivity contribution in [3.05, 3.63) is 40.1 Å². The first-order chi connectivity index (χ1) is 9.17. The number of hydrogen-bond donors (Lipinski definition) is 1. The summed E-state index contributed by atoms with van der Waals surface area (Å²) >= 11 is 1.69. The molecular weight excluding hydrogens is 256 g/mol. The number of nitrogens with two attached hydrogens (primary N) is 1. The standard InChI is InChI=1S/C14H16N4S/c1-3-13-17-11-6-10(15)4-5-12(11)18(13)7-14-16-9(2)8-19-14/h4-6,8H,3,7,15H2,1-2H3. The molecule has 0 amide bonds. The number of fused-ring (bicyclic) bond motifs is 1. The van der Waals surface area contributed by atoms with Crippen LogP contribution in [0.3, 0.4) is 0 Å². The van der Waals surface area contributed by atoms with Gasteiger partial charge in [-0.15, -0.1) is 11.3 Å². The van der Waals surface area contributed by atoms with Gasteiger partial charge in [0.1, 0.15) is 10.8 Å². The summed E-state index contributed by atoms with van der Waals surface area (Å²) in [6.07, 6.45) is 0.902. The van der Waals surface area contributed by atoms with E-state index in [1.807, 2.05) is 25.1 Å². The second kappa shape index (κ2) is 4.66. The van der Waals surface area contributed by atoms with Crippen LogP contribution in [0.2, 0.25) is 0 Å². The van der Waals surface area contributed by atoms with Gasteiger partial charge in [-0.25, -0.2) is 9.97 Å². The van der Waals surface area contributed by atoms with E-state index >= 15 is 0 Å². The number of nitrogens with zero attached hydrogens (tertiary/aromatic N) is 3. The largest absolute Gasteiger partial charge is 0.399 e. The first-order valence-electron chi connectivity index (χ1n) is 6.33. The van der Waals surface area contributed by atoms with E-state index in [0.717, 1.165) is 46.2 Å². The minimum atomic E-state index is 0.755. The fourth-order valence-electron chi connectivity index (χ4n) is 2.25. The number of imidazole rings is 1. The number of rotatable bonds is 3. The monoisotopic (exact) mass is 272 g/mol. The Morgan fingerprint density at radius 3 is 2.84 bits per heavy atom. The Balaban J connectivity index is 2.10. The molecule has 0 atom stereocenters. The van der Waals surface area contributed by atoms with Gasteiger partial charge in [-0.1, -0.05) is 6.92 Å². The number of thiazole rings is 1. The fourth-order valence-corrected chi connectivity index (χ4v) is 3.01. The minimum Gasteiger partial charge on any atom is -0.399 e. The van der Waals surface area contributed by atoms with E-state index in [-0.39, 0.29) is 0 Å². The normalized spacial score (nSPS) is 11.3. The van der Waals surface area contributed by atoms with E-state index < -0.39 is 0 Å². The lowest BCUT2D eigenvalue weighted by molar-refractivity contribution is 0.747. The number of aromatic nitrogens is 3. The first-order valence-corrected chi connectivity index (χ1v) is 7.21. The Morgan fingerprint density at radius 2 is 2.16 bits per heavy atom. The second-order valence-electron chi connectivity index (χ2n) is 4.60. The van der Waals surface area contributed by atoms with Gasteiger partial charge < -0.3 is 10.3 Å². The molecular formula is C14H16N4S. The summed E-state index contributed by atoms with van der Waals surface area (Å²) < 4.78 is 2.23. The van der Waals surface area contributed by atoms with Gasteiger partial charge in [-0.05, 0) is 25.1 Å². The Hall–Kier alpha value is -1.88. The lowest BCUT2D eigenvalue weighted by Crippen LogP contribution is -2.04. The first kappa shape index (κ1) is 12.2. The molecule has 0 saturated heterocycles. The summed E-state index contributed by atoms with van der Waals surface area (Å²) in [6, 6.07) is 5.89. The highest BCUT2D eigenvalue weighted by Crippen LogP contribution is 2.21. The maximum absolute atomic E-state index is 5.82. The molecule has 0 fully saturated rings. The van der Waals surface area contributed by atoms with Crippen LogP contribution in [-0.2, 0) is 13.0 Å². The highest BCUT2D eigenvalue weighted by molar-refractivity contribution is 7.09. The molecule has 0 unspecified atom stereocenters. The maximum Gasteiger partial charge on any atom is 0.113 e. The van der Waals surface area contributed by atoms with Gasteiger partial charge in [0.25, 0.3) is 0 Å². The predicted molar refractivity (Wildman–Crippen MR) is 79.5 cm³/mol. The topological polar surface area (TPSA) is 56.7 Å². The van der Waals surface area contributed by atoms with Crippen molar-refractivity contribution in [1.82, 2.24) is 14.5 Å². The van der Waals surface area contributed by atoms with Gasteiger partial charge in [0, 0.05) is 23.2 Å². The Morgan fingerprint density at radius 1 is 1.32 bits per heavy atom. The molecule has 2 N–H and O–H groups in total. The molecule has 0 radical (unpaired) electrons. The molecule has 19 heavy (non-hydrogen) atoms. The van der Waals surface area contributed by atoms with Crippen LogP contribution in [0.15, 0.2) is 23.6 Å². The highest BCUT2D eigenvalue weighted by Gasteiger charge is 2.11. The van der Waals surface area contributed by atoms with Crippen molar-refractivity contribution in [2.24, 2.45) is 0 Å². The molecule has 0 aliphatic rings. The third kappa shape index (κ3) is 2.21. The van der Waals surface area contributed by atoms with Crippen LogP contribution in [0.4, 0.5) is 5.69 Å². The Kier molecular flexibility index (Phi) is 2.98. The van der Waals surface area contributed by atoms with E-state index in [0.29, 0.717) is 0 Å². The SMILES string of the molecule is CCc1nc2cc(N)ccc2n1Cc1nc(C)cs1. The van der Waals surface area contributed by atoms with E-state index in [1.54, 1.807) is 11.3 Å². The Labute approximate surface area is 115 Å². The van der Waals surface area contributed by atoms with E-state index in [2.05, 4.69) is 26.8 Å². The average Bonchev–Trinajstić information content (AvgIpc) is 2.94. The van der Waals surface area contributed by atoms with Crippen molar-refractivity contribution in [3.63, 3.8) is 0 Å². The maximum atomic E-state index is 5.82. The molecule has 0 aliphatic heterocycles. The van der Waals surface area contributed by atoms with Crippen molar-refractivity contribution >= 4 is 28.1 Å². The summed E-state index contributed by atoms with van der Waals surface area (Å²) in [7, 11) is 0. The minimum absolute atomic E-state index is 0.755. The zero-order valence-electron chi connectivity index (χ0n) is 11.1. The number of benzene rings is 1. The molecule has 0 spiro atoms. The molecule has 5 heteroatoms. The lowest BCUT2D eigenvalue weighted by atomic mass is 10.3. The molecule has 0 aliphatic carbocycles. The second-order valence-corrected chi connectivity index (χ2v) is 5.54. The predicted octanol–water partition coefficient (Wildman–Crippen LogP) is 2.99. The lowest BCUT2D eigenvalue weighted by Gasteiger charge is -2.05. The summed E-state index contributed by atoms with van der Waals surface area (Å²) in [4.78, 5) is 9.19. The highest BCUT2D eigenvalue weighted by atomic mass is 32.1. The van der Waals surface area contributed by atoms with E-state index in [9.17, 15) is 0 Å². The van der Waals surface area contributed by atoms with Gasteiger partial charge >= 0.3 is 0 Å².